The maximum atomic E-state index is 13.9. The third-order valence-corrected chi connectivity index (χ3v) is 11.6. The Morgan fingerprint density at radius 1 is 0.928 bits per heavy atom. The minimum absolute atomic E-state index is 0.0151. The van der Waals surface area contributed by atoms with Gasteiger partial charge < -0.3 is 58.6 Å². The quantitative estimate of drug-likeness (QED) is 0.0355. The normalized spacial score (nSPS) is 22.4. The van der Waals surface area contributed by atoms with Gasteiger partial charge in [0.05, 0.1) is 69.9 Å². The second-order valence-electron chi connectivity index (χ2n) is 18.0. The number of benzene rings is 2. The van der Waals surface area contributed by atoms with Crippen molar-refractivity contribution in [3.8, 4) is 5.75 Å². The standard InChI is InChI=1S/C51H72ClN3O14/c1-9-20-66-48(58)35(5)65-27-26-64-25-24-63-23-22-62-21-19-53-31-36-13-16-38(17-14-36)46-45(69-46)34(4)41-11-10-12-44(56)55-40(30-37-15-18-42(61-8)39(52)29-37)47(57)54-32-51(6,7)50(60)68-43(28-33(2)3)49(59)67-41/h9-10,12-18,29,33-35,40-41,43,45-46,53H,1,11,19-28,30-32H2,2-8H3,(H,54,57)(H,55,56)/b12-10-/t34-,35?,40+,41-,43-,45+,46+/m0/s1. The van der Waals surface area contributed by atoms with Gasteiger partial charge in [0, 0.05) is 38.4 Å². The molecule has 2 amide bonds. The van der Waals surface area contributed by atoms with E-state index in [1.807, 2.05) is 45.0 Å². The van der Waals surface area contributed by atoms with Crippen LogP contribution in [0.3, 0.4) is 0 Å². The van der Waals surface area contributed by atoms with Crippen molar-refractivity contribution >= 4 is 41.3 Å². The molecule has 17 nitrogen and oxygen atoms in total. The van der Waals surface area contributed by atoms with E-state index in [0.717, 1.165) is 11.1 Å². The van der Waals surface area contributed by atoms with Crippen LogP contribution in [0.2, 0.25) is 5.02 Å². The molecule has 4 rings (SSSR count). The Labute approximate surface area is 411 Å². The van der Waals surface area contributed by atoms with Crippen molar-refractivity contribution in [2.24, 2.45) is 17.3 Å². The van der Waals surface area contributed by atoms with Crippen LogP contribution in [0.15, 0.2) is 67.3 Å². The Balaban J connectivity index is 1.27. The highest BCUT2D eigenvalue weighted by molar-refractivity contribution is 6.32. The van der Waals surface area contributed by atoms with Crippen LogP contribution in [-0.4, -0.2) is 133 Å². The lowest BCUT2D eigenvalue weighted by molar-refractivity contribution is -0.179. The number of methoxy groups -OCH3 is 1. The first-order valence-electron chi connectivity index (χ1n) is 23.6. The molecule has 3 N–H and O–H groups in total. The SMILES string of the molecule is C=CCOC(=O)C(C)OCCOCCOCCOCCNCc1ccc([C@H]2O[C@@H]2[C@@H](C)[C@@H]2C/C=C\C(=O)N[C@H](Cc3ccc(OC)c(Cl)c3)C(=O)NCC(C)(C)C(=O)O[C@@H](CC(C)C)C(=O)O2)cc1. The zero-order valence-electron chi connectivity index (χ0n) is 41.1. The van der Waals surface area contributed by atoms with Gasteiger partial charge in [-0.15, -0.1) is 0 Å². The van der Waals surface area contributed by atoms with Crippen LogP contribution in [0.4, 0.5) is 0 Å². The largest absolute Gasteiger partial charge is 0.495 e. The molecule has 1 fully saturated rings. The first-order valence-corrected chi connectivity index (χ1v) is 24.0. The number of ether oxygens (including phenoxy) is 9. The summed E-state index contributed by atoms with van der Waals surface area (Å²) < 4.78 is 50.4. The van der Waals surface area contributed by atoms with Crippen LogP contribution in [0.1, 0.15) is 77.2 Å². The van der Waals surface area contributed by atoms with Crippen LogP contribution in [0.5, 0.6) is 5.75 Å². The van der Waals surface area contributed by atoms with E-state index >= 15 is 0 Å². The summed E-state index contributed by atoms with van der Waals surface area (Å²) in [6.07, 6.45) is 1.76. The molecule has 0 bridgehead atoms. The highest BCUT2D eigenvalue weighted by Crippen LogP contribution is 2.45. The summed E-state index contributed by atoms with van der Waals surface area (Å²) in [5.41, 5.74) is 1.50. The number of rotatable bonds is 26. The molecule has 0 saturated carbocycles. The fourth-order valence-electron chi connectivity index (χ4n) is 7.18. The maximum Gasteiger partial charge on any atom is 0.347 e. The van der Waals surface area contributed by atoms with Crippen LogP contribution in [0, 0.1) is 17.3 Å². The van der Waals surface area contributed by atoms with Crippen molar-refractivity contribution in [2.45, 2.75) is 104 Å². The van der Waals surface area contributed by atoms with Gasteiger partial charge in [-0.1, -0.05) is 81.4 Å². The molecular formula is C51H72ClN3O14. The molecule has 2 aromatic carbocycles. The maximum absolute atomic E-state index is 13.9. The van der Waals surface area contributed by atoms with Gasteiger partial charge in [-0.25, -0.2) is 9.59 Å². The lowest BCUT2D eigenvalue weighted by atomic mass is 9.92. The van der Waals surface area contributed by atoms with Crippen LogP contribution < -0.4 is 20.7 Å². The Morgan fingerprint density at radius 3 is 2.25 bits per heavy atom. The van der Waals surface area contributed by atoms with Gasteiger partial charge in [0.25, 0.3) is 0 Å². The third kappa shape index (κ3) is 19.8. The Kier molecular flexibility index (Phi) is 24.1. The molecule has 7 atom stereocenters. The number of hydrogen-bond acceptors (Lipinski definition) is 15. The Hall–Kier alpha value is -4.88. The topological polar surface area (TPSA) is 208 Å². The summed E-state index contributed by atoms with van der Waals surface area (Å²) in [6, 6.07) is 12.2. The molecule has 18 heteroatoms. The summed E-state index contributed by atoms with van der Waals surface area (Å²) in [5.74, 6) is -2.72. The summed E-state index contributed by atoms with van der Waals surface area (Å²) in [6.45, 7) is 18.2. The van der Waals surface area contributed by atoms with E-state index in [1.54, 1.807) is 45.0 Å². The molecule has 0 spiro atoms. The molecule has 0 aliphatic carbocycles. The van der Waals surface area contributed by atoms with Gasteiger partial charge in [0.2, 0.25) is 11.8 Å². The number of carbonyl (C=O) groups excluding carboxylic acids is 5. The highest BCUT2D eigenvalue weighted by atomic mass is 35.5. The zero-order valence-corrected chi connectivity index (χ0v) is 41.8. The summed E-state index contributed by atoms with van der Waals surface area (Å²) in [5, 5.41) is 9.30. The molecule has 0 radical (unpaired) electrons. The predicted octanol–water partition coefficient (Wildman–Crippen LogP) is 5.40. The molecule has 1 saturated heterocycles. The molecular weight excluding hydrogens is 914 g/mol. The van der Waals surface area contributed by atoms with Crippen molar-refractivity contribution in [3.63, 3.8) is 0 Å². The van der Waals surface area contributed by atoms with E-state index < -0.39 is 59.5 Å². The molecule has 1 unspecified atom stereocenters. The van der Waals surface area contributed by atoms with Crippen molar-refractivity contribution in [2.75, 3.05) is 73.1 Å². The molecule has 382 valence electrons. The fourth-order valence-corrected chi connectivity index (χ4v) is 7.46. The molecule has 2 aromatic rings. The first kappa shape index (κ1) is 56.7. The lowest BCUT2D eigenvalue weighted by Crippen LogP contribution is -2.51. The van der Waals surface area contributed by atoms with E-state index in [0.29, 0.717) is 69.1 Å². The number of cyclic esters (lactones) is 2. The zero-order chi connectivity index (χ0) is 50.3. The van der Waals surface area contributed by atoms with E-state index in [2.05, 4.69) is 22.5 Å². The van der Waals surface area contributed by atoms with Crippen LogP contribution in [-0.2, 0) is 74.8 Å². The van der Waals surface area contributed by atoms with Crippen molar-refractivity contribution in [1.82, 2.24) is 16.0 Å². The van der Waals surface area contributed by atoms with Crippen molar-refractivity contribution < 1.29 is 66.6 Å². The number of epoxide rings is 1. The van der Waals surface area contributed by atoms with Crippen molar-refractivity contribution in [3.05, 3.63) is 89.0 Å². The van der Waals surface area contributed by atoms with Crippen LogP contribution in [0.25, 0.3) is 0 Å². The Morgan fingerprint density at radius 2 is 1.59 bits per heavy atom. The smallest absolute Gasteiger partial charge is 0.347 e. The number of hydrogen-bond donors (Lipinski definition) is 3. The first-order chi connectivity index (χ1) is 33.0. The predicted molar refractivity (Wildman–Crippen MR) is 257 cm³/mol. The second kappa shape index (κ2) is 29.3. The number of esters is 3. The van der Waals surface area contributed by atoms with Gasteiger partial charge >= 0.3 is 17.9 Å². The third-order valence-electron chi connectivity index (χ3n) is 11.4. The monoisotopic (exact) mass is 985 g/mol. The average Bonchev–Trinajstić information content (AvgIpc) is 4.12. The summed E-state index contributed by atoms with van der Waals surface area (Å²) in [7, 11) is 1.50. The number of halogens is 1. The number of nitrogens with one attached hydrogen (secondary N) is 3. The van der Waals surface area contributed by atoms with E-state index in [9.17, 15) is 24.0 Å². The summed E-state index contributed by atoms with van der Waals surface area (Å²) >= 11 is 6.37. The average molecular weight is 987 g/mol. The van der Waals surface area contributed by atoms with E-state index in [-0.39, 0.29) is 63.1 Å². The minimum atomic E-state index is -1.24. The van der Waals surface area contributed by atoms with Gasteiger partial charge in [-0.3, -0.25) is 14.4 Å². The molecule has 2 aliphatic rings. The Bertz CT molecular complexity index is 2000. The highest BCUT2D eigenvalue weighted by Gasteiger charge is 2.48. The fraction of sp³-hybridized carbons (Fsp3) is 0.588. The van der Waals surface area contributed by atoms with Gasteiger partial charge in [-0.2, -0.15) is 0 Å². The van der Waals surface area contributed by atoms with Crippen molar-refractivity contribution in [1.29, 1.82) is 0 Å². The second-order valence-corrected chi connectivity index (χ2v) is 18.4. The molecule has 2 heterocycles. The molecule has 69 heavy (non-hydrogen) atoms. The lowest BCUT2D eigenvalue weighted by Gasteiger charge is -2.29. The van der Waals surface area contributed by atoms with E-state index in [4.69, 9.17) is 54.2 Å². The molecule has 0 aromatic heterocycles. The number of amides is 2. The van der Waals surface area contributed by atoms with Gasteiger partial charge in [0.15, 0.2) is 12.2 Å². The number of carbonyl (C=O) groups is 5. The summed E-state index contributed by atoms with van der Waals surface area (Å²) in [4.78, 5) is 66.1. The van der Waals surface area contributed by atoms with E-state index in [1.165, 1.54) is 19.3 Å². The van der Waals surface area contributed by atoms with Gasteiger partial charge in [0.1, 0.15) is 30.6 Å². The molecule has 2 aliphatic heterocycles. The minimum Gasteiger partial charge on any atom is -0.495 e. The van der Waals surface area contributed by atoms with Gasteiger partial charge in [-0.05, 0) is 68.0 Å². The van der Waals surface area contributed by atoms with Crippen LogP contribution >= 0.6 is 11.6 Å².